The number of primary amides is 1. The quantitative estimate of drug-likeness (QED) is 0.792. The summed E-state index contributed by atoms with van der Waals surface area (Å²) in [6, 6.07) is 4.23. The lowest BCUT2D eigenvalue weighted by Gasteiger charge is -2.30. The van der Waals surface area contributed by atoms with E-state index in [1.54, 1.807) is 4.90 Å². The summed E-state index contributed by atoms with van der Waals surface area (Å²) in [5.74, 6) is -2.46. The lowest BCUT2D eigenvalue weighted by Crippen LogP contribution is -2.41. The molecule has 1 aromatic carbocycles. The van der Waals surface area contributed by atoms with Crippen LogP contribution in [-0.4, -0.2) is 49.9 Å². The van der Waals surface area contributed by atoms with Crippen LogP contribution in [0, 0.1) is 11.8 Å². The molecule has 27 heavy (non-hydrogen) atoms. The number of likely N-dealkylation sites (tertiary alicyclic amines) is 1. The molecule has 2 saturated heterocycles. The maximum Gasteiger partial charge on any atom is 0.253 e. The van der Waals surface area contributed by atoms with E-state index in [0.29, 0.717) is 30.2 Å². The lowest BCUT2D eigenvalue weighted by molar-refractivity contribution is -0.123. The Morgan fingerprint density at radius 1 is 1.22 bits per heavy atom. The smallest absolute Gasteiger partial charge is 0.253 e. The first kappa shape index (κ1) is 19.6. The highest BCUT2D eigenvalue weighted by atomic mass is 35.5. The van der Waals surface area contributed by atoms with Crippen LogP contribution in [0.15, 0.2) is 18.2 Å². The predicted octanol–water partition coefficient (Wildman–Crippen LogP) is 0.990. The van der Waals surface area contributed by atoms with Crippen LogP contribution < -0.4 is 10.0 Å². The van der Waals surface area contributed by atoms with Gasteiger partial charge in [0.25, 0.3) is 5.91 Å². The van der Waals surface area contributed by atoms with Crippen molar-refractivity contribution in [1.29, 1.82) is 0 Å². The summed E-state index contributed by atoms with van der Waals surface area (Å²) in [4.78, 5) is 37.9. The zero-order chi connectivity index (χ0) is 19.9. The monoisotopic (exact) mass is 413 g/mol. The summed E-state index contributed by atoms with van der Waals surface area (Å²) in [5.41, 5.74) is 5.53. The molecule has 1 aromatic rings. The van der Waals surface area contributed by atoms with E-state index in [-0.39, 0.29) is 39.8 Å². The molecule has 0 aliphatic carbocycles. The first-order chi connectivity index (χ1) is 12.6. The highest BCUT2D eigenvalue weighted by molar-refractivity contribution is 7.94. The van der Waals surface area contributed by atoms with Gasteiger partial charge < -0.3 is 10.6 Å². The number of nitrogens with two attached hydrogens (primary N) is 1. The number of nitrogens with zero attached hydrogens (tertiary/aromatic N) is 2. The number of anilines is 1. The van der Waals surface area contributed by atoms with E-state index in [1.807, 2.05) is 0 Å². The van der Waals surface area contributed by atoms with Crippen molar-refractivity contribution >= 4 is 45.0 Å². The standard InChI is InChI=1S/C17H20ClN3O5S/c1-10-9-27(25,26)21(16(10)23)14-8-12(2-3-13(14)18)17(24)20-6-4-11(5-7-20)15(19)22/h2-3,8,10-11H,4-7,9H2,1H3,(H2,19,22). The molecular formula is C17H20ClN3O5S. The molecular weight excluding hydrogens is 394 g/mol. The Morgan fingerprint density at radius 2 is 1.85 bits per heavy atom. The van der Waals surface area contributed by atoms with Gasteiger partial charge in [0.15, 0.2) is 0 Å². The van der Waals surface area contributed by atoms with Gasteiger partial charge in [-0.05, 0) is 31.0 Å². The third kappa shape index (κ3) is 3.66. The van der Waals surface area contributed by atoms with E-state index < -0.39 is 21.8 Å². The van der Waals surface area contributed by atoms with E-state index in [2.05, 4.69) is 0 Å². The summed E-state index contributed by atoms with van der Waals surface area (Å²) in [7, 11) is -3.82. The second-order valence-corrected chi connectivity index (χ2v) is 9.19. The molecule has 8 nitrogen and oxygen atoms in total. The van der Waals surface area contributed by atoms with Crippen molar-refractivity contribution in [3.05, 3.63) is 28.8 Å². The third-order valence-electron chi connectivity index (χ3n) is 4.96. The van der Waals surface area contributed by atoms with Crippen molar-refractivity contribution in [3.8, 4) is 0 Å². The van der Waals surface area contributed by atoms with E-state index >= 15 is 0 Å². The fourth-order valence-corrected chi connectivity index (χ4v) is 5.50. The summed E-state index contributed by atoms with van der Waals surface area (Å²) < 4.78 is 25.3. The van der Waals surface area contributed by atoms with Crippen molar-refractivity contribution in [2.75, 3.05) is 23.1 Å². The van der Waals surface area contributed by atoms with Crippen LogP contribution in [0.3, 0.4) is 0 Å². The average molecular weight is 414 g/mol. The van der Waals surface area contributed by atoms with Crippen molar-refractivity contribution < 1.29 is 22.8 Å². The summed E-state index contributed by atoms with van der Waals surface area (Å²) in [5, 5.41) is 0.0741. The molecule has 0 spiro atoms. The van der Waals surface area contributed by atoms with E-state index in [1.165, 1.54) is 25.1 Å². The Labute approximate surface area is 162 Å². The average Bonchev–Trinajstić information content (AvgIpc) is 2.82. The Balaban J connectivity index is 1.87. The number of sulfonamides is 1. The van der Waals surface area contributed by atoms with Gasteiger partial charge in [-0.1, -0.05) is 18.5 Å². The number of carbonyl (C=O) groups is 3. The number of rotatable bonds is 3. The molecule has 2 fully saturated rings. The Hall–Kier alpha value is -2.13. The SMILES string of the molecule is CC1CS(=O)(=O)N(c2cc(C(=O)N3CCC(C(N)=O)CC3)ccc2Cl)C1=O. The molecule has 0 radical (unpaired) electrons. The molecule has 0 aromatic heterocycles. The number of hydrogen-bond donors (Lipinski definition) is 1. The minimum absolute atomic E-state index is 0.0103. The molecule has 3 amide bonds. The van der Waals surface area contributed by atoms with Gasteiger partial charge in [0, 0.05) is 24.6 Å². The van der Waals surface area contributed by atoms with Gasteiger partial charge in [-0.25, -0.2) is 12.7 Å². The maximum absolute atomic E-state index is 12.8. The van der Waals surface area contributed by atoms with E-state index in [0.717, 1.165) is 0 Å². The number of halogens is 1. The van der Waals surface area contributed by atoms with Crippen molar-refractivity contribution in [2.45, 2.75) is 19.8 Å². The van der Waals surface area contributed by atoms with Crippen molar-refractivity contribution in [2.24, 2.45) is 17.6 Å². The van der Waals surface area contributed by atoms with Gasteiger partial charge in [-0.2, -0.15) is 0 Å². The van der Waals surface area contributed by atoms with Gasteiger partial charge in [-0.15, -0.1) is 0 Å². The van der Waals surface area contributed by atoms with E-state index in [4.69, 9.17) is 17.3 Å². The number of piperidine rings is 1. The van der Waals surface area contributed by atoms with Crippen molar-refractivity contribution in [3.63, 3.8) is 0 Å². The molecule has 2 N–H and O–H groups in total. The number of carbonyl (C=O) groups excluding carboxylic acids is 3. The minimum atomic E-state index is -3.82. The third-order valence-corrected chi connectivity index (χ3v) is 7.13. The molecule has 2 aliphatic heterocycles. The largest absolute Gasteiger partial charge is 0.369 e. The fraction of sp³-hybridized carbons (Fsp3) is 0.471. The first-order valence-electron chi connectivity index (χ1n) is 8.57. The molecule has 146 valence electrons. The van der Waals surface area contributed by atoms with Crippen LogP contribution in [0.4, 0.5) is 5.69 Å². The van der Waals surface area contributed by atoms with Gasteiger partial charge in [0.1, 0.15) is 0 Å². The zero-order valence-electron chi connectivity index (χ0n) is 14.7. The highest BCUT2D eigenvalue weighted by Crippen LogP contribution is 2.35. The maximum atomic E-state index is 12.8. The molecule has 1 atom stereocenters. The second kappa shape index (κ2) is 7.12. The van der Waals surface area contributed by atoms with Crippen LogP contribution in [0.25, 0.3) is 0 Å². The summed E-state index contributed by atoms with van der Waals surface area (Å²) in [6.45, 7) is 2.29. The second-order valence-electron chi connectivity index (χ2n) is 6.92. The highest BCUT2D eigenvalue weighted by Gasteiger charge is 2.43. The number of benzene rings is 1. The Kier molecular flexibility index (Phi) is 5.18. The molecule has 3 rings (SSSR count). The fourth-order valence-electron chi connectivity index (χ4n) is 3.42. The summed E-state index contributed by atoms with van der Waals surface area (Å²) >= 11 is 6.13. The molecule has 0 saturated carbocycles. The van der Waals surface area contributed by atoms with Crippen LogP contribution in [0.1, 0.15) is 30.1 Å². The van der Waals surface area contributed by atoms with Gasteiger partial charge >= 0.3 is 0 Å². The number of amides is 3. The van der Waals surface area contributed by atoms with Crippen LogP contribution in [0.2, 0.25) is 5.02 Å². The molecule has 1 unspecified atom stereocenters. The lowest BCUT2D eigenvalue weighted by atomic mass is 9.96. The van der Waals surface area contributed by atoms with E-state index in [9.17, 15) is 22.8 Å². The van der Waals surface area contributed by atoms with Crippen LogP contribution in [-0.2, 0) is 19.6 Å². The summed E-state index contributed by atoms with van der Waals surface area (Å²) in [6.07, 6.45) is 0.968. The van der Waals surface area contributed by atoms with Gasteiger partial charge in [0.2, 0.25) is 21.8 Å². The Morgan fingerprint density at radius 3 is 2.37 bits per heavy atom. The van der Waals surface area contributed by atoms with Gasteiger partial charge in [0.05, 0.1) is 22.4 Å². The van der Waals surface area contributed by atoms with Gasteiger partial charge in [-0.3, -0.25) is 14.4 Å². The normalized spacial score (nSPS) is 22.9. The predicted molar refractivity (Wildman–Crippen MR) is 99.7 cm³/mol. The molecule has 0 bridgehead atoms. The molecule has 2 heterocycles. The van der Waals surface area contributed by atoms with Crippen LogP contribution in [0.5, 0.6) is 0 Å². The minimum Gasteiger partial charge on any atom is -0.369 e. The first-order valence-corrected chi connectivity index (χ1v) is 10.6. The van der Waals surface area contributed by atoms with Crippen molar-refractivity contribution in [1.82, 2.24) is 4.90 Å². The topological polar surface area (TPSA) is 118 Å². The molecule has 2 aliphatic rings. The molecule has 10 heteroatoms. The Bertz CT molecular complexity index is 909. The number of hydrogen-bond acceptors (Lipinski definition) is 5. The van der Waals surface area contributed by atoms with Crippen LogP contribution >= 0.6 is 11.6 Å². The zero-order valence-corrected chi connectivity index (χ0v) is 16.3.